The standard InChI is InChI=1S/C14H15ClFNO4/c1-21-14(20)12-5-8(18)7-17(12)13(19)6-9-10(15)3-2-4-11(9)16/h2-4,8,12,18H,5-7H2,1H3. The van der Waals surface area contributed by atoms with Gasteiger partial charge in [-0.25, -0.2) is 9.18 Å². The molecule has 0 bridgehead atoms. The number of benzene rings is 1. The molecule has 1 aromatic rings. The lowest BCUT2D eigenvalue weighted by molar-refractivity contribution is -0.150. The summed E-state index contributed by atoms with van der Waals surface area (Å²) < 4.78 is 18.3. The Bertz CT molecular complexity index is 546. The zero-order valence-electron chi connectivity index (χ0n) is 11.4. The van der Waals surface area contributed by atoms with Gasteiger partial charge in [0.25, 0.3) is 0 Å². The van der Waals surface area contributed by atoms with E-state index in [1.807, 2.05) is 0 Å². The van der Waals surface area contributed by atoms with Crippen LogP contribution in [0.3, 0.4) is 0 Å². The summed E-state index contributed by atoms with van der Waals surface area (Å²) in [5.74, 6) is -1.65. The van der Waals surface area contributed by atoms with Crippen LogP contribution in [-0.2, 0) is 20.7 Å². The van der Waals surface area contributed by atoms with Crippen LogP contribution in [0.25, 0.3) is 0 Å². The van der Waals surface area contributed by atoms with Gasteiger partial charge in [-0.05, 0) is 12.1 Å². The Labute approximate surface area is 126 Å². The molecule has 21 heavy (non-hydrogen) atoms. The van der Waals surface area contributed by atoms with E-state index in [9.17, 15) is 19.1 Å². The van der Waals surface area contributed by atoms with Gasteiger partial charge in [0.15, 0.2) is 0 Å². The maximum Gasteiger partial charge on any atom is 0.328 e. The van der Waals surface area contributed by atoms with Crippen LogP contribution in [-0.4, -0.2) is 47.7 Å². The smallest absolute Gasteiger partial charge is 0.328 e. The van der Waals surface area contributed by atoms with Crippen molar-refractivity contribution in [3.8, 4) is 0 Å². The number of aliphatic hydroxyl groups is 1. The highest BCUT2D eigenvalue weighted by Gasteiger charge is 2.39. The third-order valence-corrected chi connectivity index (χ3v) is 3.82. The number of rotatable bonds is 3. The van der Waals surface area contributed by atoms with Crippen LogP contribution < -0.4 is 0 Å². The molecule has 0 saturated carbocycles. The Morgan fingerprint density at radius 2 is 2.24 bits per heavy atom. The number of halogens is 2. The van der Waals surface area contributed by atoms with Gasteiger partial charge in [0.1, 0.15) is 11.9 Å². The van der Waals surface area contributed by atoms with Crippen LogP contribution in [0.4, 0.5) is 4.39 Å². The summed E-state index contributed by atoms with van der Waals surface area (Å²) in [5.41, 5.74) is 0.0779. The van der Waals surface area contributed by atoms with E-state index in [1.54, 1.807) is 0 Å². The lowest BCUT2D eigenvalue weighted by Crippen LogP contribution is -2.42. The van der Waals surface area contributed by atoms with Crippen molar-refractivity contribution in [2.24, 2.45) is 0 Å². The first-order valence-corrected chi connectivity index (χ1v) is 6.80. The summed E-state index contributed by atoms with van der Waals surface area (Å²) in [6.45, 7) is 0.0185. The average Bonchev–Trinajstić information content (AvgIpc) is 2.84. The van der Waals surface area contributed by atoms with Crippen molar-refractivity contribution in [3.05, 3.63) is 34.6 Å². The third kappa shape index (κ3) is 3.33. The van der Waals surface area contributed by atoms with Crippen molar-refractivity contribution in [2.45, 2.75) is 25.0 Å². The van der Waals surface area contributed by atoms with Crippen molar-refractivity contribution in [2.75, 3.05) is 13.7 Å². The fraction of sp³-hybridized carbons (Fsp3) is 0.429. The number of carbonyl (C=O) groups excluding carboxylic acids is 2. The van der Waals surface area contributed by atoms with Crippen LogP contribution in [0.1, 0.15) is 12.0 Å². The lowest BCUT2D eigenvalue weighted by Gasteiger charge is -2.22. The zero-order chi connectivity index (χ0) is 15.6. The summed E-state index contributed by atoms with van der Waals surface area (Å²) in [6.07, 6.45) is -0.955. The van der Waals surface area contributed by atoms with Gasteiger partial charge in [-0.15, -0.1) is 0 Å². The first-order chi connectivity index (χ1) is 9.93. The van der Waals surface area contributed by atoms with Crippen molar-refractivity contribution in [3.63, 3.8) is 0 Å². The molecule has 7 heteroatoms. The fourth-order valence-corrected chi connectivity index (χ4v) is 2.63. The van der Waals surface area contributed by atoms with E-state index >= 15 is 0 Å². The van der Waals surface area contributed by atoms with Crippen molar-refractivity contribution in [1.82, 2.24) is 4.90 Å². The van der Waals surface area contributed by atoms with Gasteiger partial charge in [-0.2, -0.15) is 0 Å². The van der Waals surface area contributed by atoms with Gasteiger partial charge in [-0.3, -0.25) is 4.79 Å². The Hall–Kier alpha value is -1.66. The molecule has 2 atom stereocenters. The molecule has 2 unspecified atom stereocenters. The quantitative estimate of drug-likeness (QED) is 0.850. The molecule has 1 saturated heterocycles. The van der Waals surface area contributed by atoms with Gasteiger partial charge in [0.2, 0.25) is 5.91 Å². The molecule has 1 aliphatic heterocycles. The number of carbonyl (C=O) groups is 2. The van der Waals surface area contributed by atoms with E-state index in [2.05, 4.69) is 4.74 Å². The highest BCUT2D eigenvalue weighted by molar-refractivity contribution is 6.31. The molecule has 1 aliphatic rings. The van der Waals surface area contributed by atoms with Gasteiger partial charge >= 0.3 is 5.97 Å². The number of esters is 1. The van der Waals surface area contributed by atoms with Crippen molar-refractivity contribution >= 4 is 23.5 Å². The number of ether oxygens (including phenoxy) is 1. The van der Waals surface area contributed by atoms with Crippen molar-refractivity contribution < 1.29 is 23.8 Å². The molecule has 0 aliphatic carbocycles. The number of methoxy groups -OCH3 is 1. The second-order valence-corrected chi connectivity index (χ2v) is 5.26. The maximum absolute atomic E-state index is 13.7. The fourth-order valence-electron chi connectivity index (χ4n) is 2.40. The van der Waals surface area contributed by atoms with Gasteiger partial charge in [0.05, 0.1) is 19.6 Å². The summed E-state index contributed by atoms with van der Waals surface area (Å²) in [7, 11) is 1.21. The minimum absolute atomic E-state index is 0.0185. The molecule has 0 spiro atoms. The van der Waals surface area contributed by atoms with E-state index in [-0.39, 0.29) is 30.0 Å². The van der Waals surface area contributed by atoms with Gasteiger partial charge < -0.3 is 14.7 Å². The normalized spacial score (nSPS) is 21.4. The number of β-amino-alcohol motifs (C(OH)–C–C–N with tert-alkyl or cyclic N) is 1. The highest BCUT2D eigenvalue weighted by atomic mass is 35.5. The van der Waals surface area contributed by atoms with Gasteiger partial charge in [0, 0.05) is 23.6 Å². The number of hydrogen-bond acceptors (Lipinski definition) is 4. The molecular formula is C14H15ClFNO4. The maximum atomic E-state index is 13.7. The number of hydrogen-bond donors (Lipinski definition) is 1. The molecule has 1 heterocycles. The first kappa shape index (κ1) is 15.7. The second kappa shape index (κ2) is 6.41. The number of likely N-dealkylation sites (tertiary alicyclic amines) is 1. The average molecular weight is 316 g/mol. The molecule has 1 fully saturated rings. The Morgan fingerprint density at radius 1 is 1.52 bits per heavy atom. The van der Waals surface area contributed by atoms with E-state index in [0.717, 1.165) is 0 Å². The number of amides is 1. The molecule has 114 valence electrons. The van der Waals surface area contributed by atoms with E-state index in [4.69, 9.17) is 11.6 Å². The molecule has 1 N–H and O–H groups in total. The van der Waals surface area contributed by atoms with E-state index < -0.39 is 29.8 Å². The van der Waals surface area contributed by atoms with Crippen LogP contribution in [0.15, 0.2) is 18.2 Å². The Balaban J connectivity index is 2.17. The van der Waals surface area contributed by atoms with Gasteiger partial charge in [-0.1, -0.05) is 17.7 Å². The molecule has 2 rings (SSSR count). The first-order valence-electron chi connectivity index (χ1n) is 6.42. The SMILES string of the molecule is COC(=O)C1CC(O)CN1C(=O)Cc1c(F)cccc1Cl. The summed E-state index contributed by atoms with van der Waals surface area (Å²) in [5, 5.41) is 9.79. The van der Waals surface area contributed by atoms with Crippen LogP contribution in [0.2, 0.25) is 5.02 Å². The second-order valence-electron chi connectivity index (χ2n) is 4.85. The topological polar surface area (TPSA) is 66.8 Å². The number of nitrogens with zero attached hydrogens (tertiary/aromatic N) is 1. The molecule has 0 radical (unpaired) electrons. The summed E-state index contributed by atoms with van der Waals surface area (Å²) >= 11 is 5.88. The lowest BCUT2D eigenvalue weighted by atomic mass is 10.1. The summed E-state index contributed by atoms with van der Waals surface area (Å²) in [4.78, 5) is 25.1. The summed E-state index contributed by atoms with van der Waals surface area (Å²) in [6, 6.07) is 3.31. The Morgan fingerprint density at radius 3 is 2.86 bits per heavy atom. The third-order valence-electron chi connectivity index (χ3n) is 3.46. The number of aliphatic hydroxyl groups excluding tert-OH is 1. The van der Waals surface area contributed by atoms with Crippen LogP contribution in [0, 0.1) is 5.82 Å². The molecular weight excluding hydrogens is 301 g/mol. The molecule has 1 amide bonds. The van der Waals surface area contributed by atoms with Crippen LogP contribution >= 0.6 is 11.6 Å². The zero-order valence-corrected chi connectivity index (χ0v) is 12.1. The predicted molar refractivity (Wildman–Crippen MR) is 73.3 cm³/mol. The molecule has 0 aromatic heterocycles. The molecule has 1 aromatic carbocycles. The largest absolute Gasteiger partial charge is 0.467 e. The Kier molecular flexibility index (Phi) is 4.80. The predicted octanol–water partition coefficient (Wildman–Crippen LogP) is 1.16. The minimum Gasteiger partial charge on any atom is -0.467 e. The highest BCUT2D eigenvalue weighted by Crippen LogP contribution is 2.24. The molecule has 5 nitrogen and oxygen atoms in total. The monoisotopic (exact) mass is 315 g/mol. The minimum atomic E-state index is -0.844. The van der Waals surface area contributed by atoms with E-state index in [0.29, 0.717) is 0 Å². The van der Waals surface area contributed by atoms with E-state index in [1.165, 1.54) is 30.2 Å². The van der Waals surface area contributed by atoms with Crippen LogP contribution in [0.5, 0.6) is 0 Å². The van der Waals surface area contributed by atoms with Crippen molar-refractivity contribution in [1.29, 1.82) is 0 Å².